The summed E-state index contributed by atoms with van der Waals surface area (Å²) in [5.41, 5.74) is 0.685. The minimum atomic E-state index is -0.329. The molecule has 4 heterocycles. The summed E-state index contributed by atoms with van der Waals surface area (Å²) < 4.78 is 12.6. The van der Waals surface area contributed by atoms with Crippen molar-refractivity contribution in [1.29, 1.82) is 0 Å². The first-order valence-corrected chi connectivity index (χ1v) is 11.1. The van der Waals surface area contributed by atoms with E-state index in [1.165, 1.54) is 22.2 Å². The molecule has 4 aromatic rings. The van der Waals surface area contributed by atoms with Crippen LogP contribution in [0.1, 0.15) is 17.0 Å². The van der Waals surface area contributed by atoms with E-state index in [0.717, 1.165) is 0 Å². The summed E-state index contributed by atoms with van der Waals surface area (Å²) >= 11 is 1.40. The van der Waals surface area contributed by atoms with Gasteiger partial charge in [-0.2, -0.15) is 0 Å². The number of hydrogen-bond donors (Lipinski definition) is 1. The van der Waals surface area contributed by atoms with Gasteiger partial charge in [-0.05, 0) is 23.6 Å². The molecule has 1 saturated heterocycles. The maximum atomic E-state index is 13.1. The molecule has 164 valence electrons. The number of aromatic nitrogens is 2. The average Bonchev–Trinajstić information content (AvgIpc) is 3.44. The van der Waals surface area contributed by atoms with Crippen molar-refractivity contribution in [2.24, 2.45) is 0 Å². The SMILES string of the molecule is O=C(CCn1cnc2sccc2c1=O)Nc1c(C(=O)N2CCOCC2)oc2ccccc12. The smallest absolute Gasteiger partial charge is 0.291 e. The normalized spacial score (nSPS) is 14.2. The summed E-state index contributed by atoms with van der Waals surface area (Å²) in [6, 6.07) is 8.90. The second kappa shape index (κ2) is 8.56. The number of amides is 2. The van der Waals surface area contributed by atoms with Crippen LogP contribution in [0.2, 0.25) is 0 Å². The number of aryl methyl sites for hydroxylation is 1. The Labute approximate surface area is 186 Å². The third-order valence-electron chi connectivity index (χ3n) is 5.38. The Morgan fingerprint density at radius 3 is 2.78 bits per heavy atom. The third-order valence-corrected chi connectivity index (χ3v) is 6.20. The lowest BCUT2D eigenvalue weighted by Gasteiger charge is -2.26. The van der Waals surface area contributed by atoms with Gasteiger partial charge >= 0.3 is 0 Å². The molecule has 9 nitrogen and oxygen atoms in total. The fourth-order valence-corrected chi connectivity index (χ4v) is 4.43. The Bertz CT molecular complexity index is 1370. The molecule has 32 heavy (non-hydrogen) atoms. The Hall–Kier alpha value is -3.50. The summed E-state index contributed by atoms with van der Waals surface area (Å²) in [5, 5.41) is 5.83. The second-order valence-corrected chi connectivity index (χ2v) is 8.28. The predicted molar refractivity (Wildman–Crippen MR) is 120 cm³/mol. The highest BCUT2D eigenvalue weighted by molar-refractivity contribution is 7.16. The highest BCUT2D eigenvalue weighted by Gasteiger charge is 2.27. The van der Waals surface area contributed by atoms with Crippen LogP contribution < -0.4 is 10.9 Å². The lowest BCUT2D eigenvalue weighted by molar-refractivity contribution is -0.116. The fraction of sp³-hybridized carbons (Fsp3) is 0.273. The van der Waals surface area contributed by atoms with Crippen LogP contribution in [-0.4, -0.2) is 52.6 Å². The Morgan fingerprint density at radius 1 is 1.12 bits per heavy atom. The molecule has 0 radical (unpaired) electrons. The zero-order valence-corrected chi connectivity index (χ0v) is 17.9. The molecule has 0 atom stereocenters. The van der Waals surface area contributed by atoms with Gasteiger partial charge in [0.15, 0.2) is 0 Å². The number of morpholine rings is 1. The monoisotopic (exact) mass is 452 g/mol. The standard InChI is InChI=1S/C22H20N4O5S/c27-17(5-7-26-13-23-20-15(21(26)28)6-12-32-20)24-18-14-3-1-2-4-16(14)31-19(18)22(29)25-8-10-30-11-9-25/h1-4,6,12-13H,5,7-11H2,(H,24,27). The van der Waals surface area contributed by atoms with E-state index in [-0.39, 0.29) is 36.1 Å². The molecule has 1 N–H and O–H groups in total. The van der Waals surface area contributed by atoms with Gasteiger partial charge in [0.1, 0.15) is 16.1 Å². The van der Waals surface area contributed by atoms with Crippen LogP contribution in [0.5, 0.6) is 0 Å². The Morgan fingerprint density at radius 2 is 1.94 bits per heavy atom. The number of thiophene rings is 1. The molecule has 1 aliphatic rings. The summed E-state index contributed by atoms with van der Waals surface area (Å²) in [5.74, 6) is -0.520. The number of para-hydroxylation sites is 1. The molecule has 3 aromatic heterocycles. The van der Waals surface area contributed by atoms with Crippen LogP contribution >= 0.6 is 11.3 Å². The van der Waals surface area contributed by atoms with E-state index in [2.05, 4.69) is 10.3 Å². The lowest BCUT2D eigenvalue weighted by atomic mass is 10.2. The summed E-state index contributed by atoms with van der Waals surface area (Å²) in [4.78, 5) is 45.0. The van der Waals surface area contributed by atoms with Crippen molar-refractivity contribution in [3.8, 4) is 0 Å². The van der Waals surface area contributed by atoms with E-state index in [4.69, 9.17) is 9.15 Å². The highest BCUT2D eigenvalue weighted by Crippen LogP contribution is 2.32. The van der Waals surface area contributed by atoms with Gasteiger partial charge in [-0.15, -0.1) is 11.3 Å². The first-order chi connectivity index (χ1) is 15.6. The number of nitrogens with zero attached hydrogens (tertiary/aromatic N) is 3. The minimum absolute atomic E-state index is 0.0436. The van der Waals surface area contributed by atoms with Crippen LogP contribution in [0.15, 0.2) is 51.3 Å². The zero-order chi connectivity index (χ0) is 22.1. The van der Waals surface area contributed by atoms with Crippen molar-refractivity contribution in [3.63, 3.8) is 0 Å². The molecule has 2 amide bonds. The molecule has 1 aromatic carbocycles. The van der Waals surface area contributed by atoms with Crippen LogP contribution in [-0.2, 0) is 16.1 Å². The number of anilines is 1. The van der Waals surface area contributed by atoms with E-state index >= 15 is 0 Å². The molecule has 1 aliphatic heterocycles. The number of rotatable bonds is 5. The van der Waals surface area contributed by atoms with Crippen molar-refractivity contribution in [3.05, 3.63) is 58.2 Å². The minimum Gasteiger partial charge on any atom is -0.449 e. The van der Waals surface area contributed by atoms with Crippen molar-refractivity contribution in [2.75, 3.05) is 31.6 Å². The van der Waals surface area contributed by atoms with E-state index in [1.807, 2.05) is 11.4 Å². The maximum absolute atomic E-state index is 13.1. The van der Waals surface area contributed by atoms with Crippen LogP contribution in [0.25, 0.3) is 21.2 Å². The van der Waals surface area contributed by atoms with Gasteiger partial charge in [0.25, 0.3) is 11.5 Å². The number of benzene rings is 1. The summed E-state index contributed by atoms with van der Waals surface area (Å²) in [6.07, 6.45) is 1.50. The number of furan rings is 1. The van der Waals surface area contributed by atoms with Gasteiger partial charge in [-0.3, -0.25) is 19.0 Å². The maximum Gasteiger partial charge on any atom is 0.291 e. The van der Waals surface area contributed by atoms with Crippen molar-refractivity contribution in [2.45, 2.75) is 13.0 Å². The van der Waals surface area contributed by atoms with Crippen LogP contribution in [0.3, 0.4) is 0 Å². The Kier molecular flexibility index (Phi) is 5.46. The fourth-order valence-electron chi connectivity index (χ4n) is 3.71. The number of carbonyl (C=O) groups is 2. The van der Waals surface area contributed by atoms with Crippen molar-refractivity contribution in [1.82, 2.24) is 14.5 Å². The Balaban J connectivity index is 1.37. The van der Waals surface area contributed by atoms with E-state index in [9.17, 15) is 14.4 Å². The van der Waals surface area contributed by atoms with E-state index in [1.54, 1.807) is 29.2 Å². The molecule has 1 fully saturated rings. The molecule has 0 unspecified atom stereocenters. The van der Waals surface area contributed by atoms with Crippen molar-refractivity contribution >= 4 is 50.0 Å². The molecule has 10 heteroatoms. The summed E-state index contributed by atoms with van der Waals surface area (Å²) in [7, 11) is 0. The molecule has 5 rings (SSSR count). The molecule has 0 spiro atoms. The van der Waals surface area contributed by atoms with Crippen molar-refractivity contribution < 1.29 is 18.7 Å². The molecule has 0 aliphatic carbocycles. The second-order valence-electron chi connectivity index (χ2n) is 7.39. The van der Waals surface area contributed by atoms with Crippen LogP contribution in [0, 0.1) is 0 Å². The van der Waals surface area contributed by atoms with Crippen LogP contribution in [0.4, 0.5) is 5.69 Å². The highest BCUT2D eigenvalue weighted by atomic mass is 32.1. The first-order valence-electron chi connectivity index (χ1n) is 10.2. The van der Waals surface area contributed by atoms with Gasteiger partial charge in [-0.1, -0.05) is 12.1 Å². The number of carbonyl (C=O) groups excluding carboxylic acids is 2. The first kappa shape index (κ1) is 20.4. The van der Waals surface area contributed by atoms with Gasteiger partial charge in [0, 0.05) is 31.4 Å². The molecular weight excluding hydrogens is 432 g/mol. The van der Waals surface area contributed by atoms with Gasteiger partial charge < -0.3 is 19.4 Å². The third kappa shape index (κ3) is 3.78. The predicted octanol–water partition coefficient (Wildman–Crippen LogP) is 2.71. The largest absolute Gasteiger partial charge is 0.449 e. The molecule has 0 bridgehead atoms. The quantitative estimate of drug-likeness (QED) is 0.499. The molecular formula is C22H20N4O5S. The summed E-state index contributed by atoms with van der Waals surface area (Å²) in [6.45, 7) is 2.02. The van der Waals surface area contributed by atoms with Gasteiger partial charge in [-0.25, -0.2) is 4.98 Å². The zero-order valence-electron chi connectivity index (χ0n) is 17.1. The topological polar surface area (TPSA) is 107 Å². The van der Waals surface area contributed by atoms with Gasteiger partial charge in [0.05, 0.1) is 24.9 Å². The average molecular weight is 452 g/mol. The number of ether oxygens (including phenoxy) is 1. The van der Waals surface area contributed by atoms with E-state index < -0.39 is 0 Å². The number of fused-ring (bicyclic) bond motifs is 2. The van der Waals surface area contributed by atoms with E-state index in [0.29, 0.717) is 53.2 Å². The number of nitrogens with one attached hydrogen (secondary N) is 1. The number of hydrogen-bond acceptors (Lipinski definition) is 7. The van der Waals surface area contributed by atoms with Gasteiger partial charge in [0.2, 0.25) is 11.7 Å². The molecule has 0 saturated carbocycles. The lowest BCUT2D eigenvalue weighted by Crippen LogP contribution is -2.40.